The van der Waals surface area contributed by atoms with E-state index in [1.54, 1.807) is 0 Å². The number of nitrogens with zero attached hydrogens (tertiary/aromatic N) is 3. The molecule has 2 aliphatic rings. The summed E-state index contributed by atoms with van der Waals surface area (Å²) in [5.74, 6) is 0.191. The van der Waals surface area contributed by atoms with Crippen molar-refractivity contribution in [3.8, 4) is 0 Å². The number of rotatable bonds is 3. The van der Waals surface area contributed by atoms with Crippen LogP contribution in [0.1, 0.15) is 66.2 Å². The Morgan fingerprint density at radius 2 is 1.89 bits per heavy atom. The molecule has 0 spiro atoms. The summed E-state index contributed by atoms with van der Waals surface area (Å²) in [5, 5.41) is 0. The van der Waals surface area contributed by atoms with Crippen LogP contribution < -0.4 is 0 Å². The predicted molar refractivity (Wildman–Crippen MR) is 97.1 cm³/mol. The topological polar surface area (TPSA) is 29.0 Å². The van der Waals surface area contributed by atoms with Crippen LogP contribution in [0.5, 0.6) is 0 Å². The Morgan fingerprint density at radius 3 is 2.64 bits per heavy atom. The molecule has 2 heterocycles. The quantitative estimate of drug-likeness (QED) is 0.668. The first-order chi connectivity index (χ1) is 13.4. The molecule has 1 aliphatic carbocycles. The Hall–Kier alpha value is -2.02. The number of hydrogen-bond donors (Lipinski definition) is 0. The summed E-state index contributed by atoms with van der Waals surface area (Å²) < 4.78 is 53.1. The normalized spacial score (nSPS) is 18.9. The molecular formula is C21H23F4N3. The Bertz CT molecular complexity index is 844. The summed E-state index contributed by atoms with van der Waals surface area (Å²) in [7, 11) is 0. The van der Waals surface area contributed by atoms with E-state index in [0.29, 0.717) is 25.4 Å². The molecule has 2 aromatic rings. The van der Waals surface area contributed by atoms with Crippen molar-refractivity contribution < 1.29 is 17.6 Å². The molecule has 1 saturated carbocycles. The SMILES string of the molecule is Fc1c(CN2CCc3nc(C4CCCCC4)ncc3C2)cccc1C(F)(F)F. The van der Waals surface area contributed by atoms with Gasteiger partial charge in [0.05, 0.1) is 5.56 Å². The largest absolute Gasteiger partial charge is 0.419 e. The minimum Gasteiger partial charge on any atom is -0.294 e. The molecule has 0 N–H and O–H groups in total. The van der Waals surface area contributed by atoms with E-state index in [0.717, 1.165) is 36.0 Å². The van der Waals surface area contributed by atoms with Gasteiger partial charge in [-0.05, 0) is 18.9 Å². The number of hydrogen-bond acceptors (Lipinski definition) is 3. The zero-order valence-corrected chi connectivity index (χ0v) is 15.6. The summed E-state index contributed by atoms with van der Waals surface area (Å²) in [5.41, 5.74) is 0.871. The minimum absolute atomic E-state index is 0.0676. The molecule has 1 aliphatic heterocycles. The van der Waals surface area contributed by atoms with Crippen molar-refractivity contribution in [3.05, 3.63) is 58.4 Å². The predicted octanol–water partition coefficient (Wildman–Crippen LogP) is 5.24. The van der Waals surface area contributed by atoms with E-state index in [4.69, 9.17) is 4.98 Å². The molecule has 0 saturated heterocycles. The van der Waals surface area contributed by atoms with Gasteiger partial charge in [-0.25, -0.2) is 14.4 Å². The Balaban J connectivity index is 1.48. The van der Waals surface area contributed by atoms with Crippen LogP contribution >= 0.6 is 0 Å². The van der Waals surface area contributed by atoms with Crippen LogP contribution in [-0.2, 0) is 25.7 Å². The molecule has 7 heteroatoms. The molecule has 0 unspecified atom stereocenters. The fraction of sp³-hybridized carbons (Fsp3) is 0.524. The highest BCUT2D eigenvalue weighted by Gasteiger charge is 2.35. The van der Waals surface area contributed by atoms with Crippen molar-refractivity contribution in [2.45, 2.75) is 63.7 Å². The van der Waals surface area contributed by atoms with Crippen LogP contribution in [0.15, 0.2) is 24.4 Å². The van der Waals surface area contributed by atoms with E-state index in [2.05, 4.69) is 4.98 Å². The highest BCUT2D eigenvalue weighted by molar-refractivity contribution is 5.29. The summed E-state index contributed by atoms with van der Waals surface area (Å²) in [6.07, 6.45) is 3.88. The van der Waals surface area contributed by atoms with Gasteiger partial charge in [-0.1, -0.05) is 31.4 Å². The number of fused-ring (bicyclic) bond motifs is 1. The Morgan fingerprint density at radius 1 is 1.11 bits per heavy atom. The van der Waals surface area contributed by atoms with E-state index in [1.807, 2.05) is 11.1 Å². The highest BCUT2D eigenvalue weighted by Crippen LogP contribution is 2.34. The second-order valence-electron chi connectivity index (χ2n) is 7.77. The summed E-state index contributed by atoms with van der Waals surface area (Å²) in [4.78, 5) is 11.3. The van der Waals surface area contributed by atoms with E-state index in [-0.39, 0.29) is 12.1 Å². The molecule has 4 rings (SSSR count). The molecule has 28 heavy (non-hydrogen) atoms. The standard InChI is InChI=1S/C21H23F4N3/c22-19-15(7-4-8-17(19)21(23,24)25)12-28-10-9-18-16(13-28)11-26-20(27-18)14-5-2-1-3-6-14/h4,7-8,11,14H,1-3,5-6,9-10,12-13H2. The van der Waals surface area contributed by atoms with Crippen LogP contribution in [0.25, 0.3) is 0 Å². The van der Waals surface area contributed by atoms with E-state index in [9.17, 15) is 17.6 Å². The third kappa shape index (κ3) is 4.04. The van der Waals surface area contributed by atoms with E-state index < -0.39 is 17.6 Å². The molecule has 0 bridgehead atoms. The van der Waals surface area contributed by atoms with E-state index >= 15 is 0 Å². The van der Waals surface area contributed by atoms with Gasteiger partial charge in [0.15, 0.2) is 0 Å². The van der Waals surface area contributed by atoms with Crippen LogP contribution in [0.4, 0.5) is 17.6 Å². The summed E-state index contributed by atoms with van der Waals surface area (Å²) >= 11 is 0. The maximum absolute atomic E-state index is 14.3. The van der Waals surface area contributed by atoms with Gasteiger partial charge in [0.2, 0.25) is 0 Å². The fourth-order valence-electron chi connectivity index (χ4n) is 4.24. The van der Waals surface area contributed by atoms with Crippen LogP contribution in [0, 0.1) is 5.82 Å². The molecular weight excluding hydrogens is 370 g/mol. The first-order valence-electron chi connectivity index (χ1n) is 9.83. The van der Waals surface area contributed by atoms with Crippen molar-refractivity contribution in [2.24, 2.45) is 0 Å². The molecule has 1 aromatic carbocycles. The van der Waals surface area contributed by atoms with Crippen molar-refractivity contribution in [2.75, 3.05) is 6.54 Å². The van der Waals surface area contributed by atoms with Gasteiger partial charge in [0.1, 0.15) is 11.6 Å². The minimum atomic E-state index is -4.68. The van der Waals surface area contributed by atoms with Gasteiger partial charge in [0, 0.05) is 55.0 Å². The molecule has 3 nitrogen and oxygen atoms in total. The number of aromatic nitrogens is 2. The van der Waals surface area contributed by atoms with Gasteiger partial charge in [0.25, 0.3) is 0 Å². The third-order valence-corrected chi connectivity index (χ3v) is 5.78. The van der Waals surface area contributed by atoms with E-state index in [1.165, 1.54) is 31.4 Å². The molecule has 0 atom stereocenters. The smallest absolute Gasteiger partial charge is 0.294 e. The summed E-state index contributed by atoms with van der Waals surface area (Å²) in [6, 6.07) is 3.46. The molecule has 0 radical (unpaired) electrons. The van der Waals surface area contributed by atoms with Crippen molar-refractivity contribution in [1.29, 1.82) is 0 Å². The zero-order valence-electron chi connectivity index (χ0n) is 15.6. The van der Waals surface area contributed by atoms with Crippen molar-refractivity contribution >= 4 is 0 Å². The number of alkyl halides is 3. The monoisotopic (exact) mass is 393 g/mol. The lowest BCUT2D eigenvalue weighted by Gasteiger charge is -2.29. The second-order valence-corrected chi connectivity index (χ2v) is 7.77. The van der Waals surface area contributed by atoms with Gasteiger partial charge in [-0.3, -0.25) is 4.90 Å². The lowest BCUT2D eigenvalue weighted by Crippen LogP contribution is -2.31. The van der Waals surface area contributed by atoms with Crippen molar-refractivity contribution in [3.63, 3.8) is 0 Å². The Labute approximate surface area is 161 Å². The average Bonchev–Trinajstić information content (AvgIpc) is 2.69. The first kappa shape index (κ1) is 19.3. The van der Waals surface area contributed by atoms with Crippen LogP contribution in [0.2, 0.25) is 0 Å². The number of halogens is 4. The Kier molecular flexibility index (Phi) is 5.36. The fourth-order valence-corrected chi connectivity index (χ4v) is 4.24. The number of benzene rings is 1. The molecule has 1 fully saturated rings. The van der Waals surface area contributed by atoms with Crippen LogP contribution in [-0.4, -0.2) is 21.4 Å². The molecule has 150 valence electrons. The average molecular weight is 393 g/mol. The second kappa shape index (κ2) is 7.78. The molecule has 1 aromatic heterocycles. The van der Waals surface area contributed by atoms with Crippen molar-refractivity contribution in [1.82, 2.24) is 14.9 Å². The van der Waals surface area contributed by atoms with Gasteiger partial charge in [-0.2, -0.15) is 13.2 Å². The van der Waals surface area contributed by atoms with Gasteiger partial charge >= 0.3 is 6.18 Å². The first-order valence-corrected chi connectivity index (χ1v) is 9.83. The van der Waals surface area contributed by atoms with Gasteiger partial charge in [-0.15, -0.1) is 0 Å². The maximum Gasteiger partial charge on any atom is 0.419 e. The highest BCUT2D eigenvalue weighted by atomic mass is 19.4. The van der Waals surface area contributed by atoms with Gasteiger partial charge < -0.3 is 0 Å². The maximum atomic E-state index is 14.3. The van der Waals surface area contributed by atoms with Crippen LogP contribution in [0.3, 0.4) is 0 Å². The molecule has 0 amide bonds. The lowest BCUT2D eigenvalue weighted by molar-refractivity contribution is -0.140. The summed E-state index contributed by atoms with van der Waals surface area (Å²) in [6.45, 7) is 1.30. The third-order valence-electron chi connectivity index (χ3n) is 5.78. The zero-order chi connectivity index (χ0) is 19.7. The lowest BCUT2D eigenvalue weighted by atomic mass is 9.88.